The van der Waals surface area contributed by atoms with E-state index in [9.17, 15) is 9.18 Å². The SMILES string of the molecule is CC(=O)c1c(F)cccc1N(C)Cc1ccccc1Br. The molecule has 0 unspecified atom stereocenters. The summed E-state index contributed by atoms with van der Waals surface area (Å²) in [6, 6.07) is 12.5. The minimum atomic E-state index is -0.478. The van der Waals surface area contributed by atoms with E-state index in [4.69, 9.17) is 0 Å². The number of rotatable bonds is 4. The minimum Gasteiger partial charge on any atom is -0.370 e. The molecule has 0 N–H and O–H groups in total. The third kappa shape index (κ3) is 3.07. The van der Waals surface area contributed by atoms with Crippen molar-refractivity contribution < 1.29 is 9.18 Å². The Kier molecular flexibility index (Phi) is 4.55. The van der Waals surface area contributed by atoms with Crippen molar-refractivity contribution in [3.8, 4) is 0 Å². The quantitative estimate of drug-likeness (QED) is 0.770. The van der Waals surface area contributed by atoms with Crippen molar-refractivity contribution in [3.05, 3.63) is 63.9 Å². The molecular weight excluding hydrogens is 321 g/mol. The number of hydrogen-bond acceptors (Lipinski definition) is 2. The van der Waals surface area contributed by atoms with Crippen LogP contribution in [-0.2, 0) is 6.54 Å². The summed E-state index contributed by atoms with van der Waals surface area (Å²) in [5.41, 5.74) is 1.82. The summed E-state index contributed by atoms with van der Waals surface area (Å²) in [6.45, 7) is 1.97. The van der Waals surface area contributed by atoms with E-state index >= 15 is 0 Å². The van der Waals surface area contributed by atoms with Crippen molar-refractivity contribution in [2.75, 3.05) is 11.9 Å². The van der Waals surface area contributed by atoms with Gasteiger partial charge in [0.15, 0.2) is 5.78 Å². The van der Waals surface area contributed by atoms with Crippen LogP contribution in [-0.4, -0.2) is 12.8 Å². The lowest BCUT2D eigenvalue weighted by molar-refractivity contribution is 0.101. The number of Topliss-reactive ketones (excluding diaryl/α,β-unsaturated/α-hetero) is 1. The predicted octanol–water partition coefficient (Wildman–Crippen LogP) is 4.43. The van der Waals surface area contributed by atoms with Crippen LogP contribution in [0, 0.1) is 5.82 Å². The third-order valence-electron chi connectivity index (χ3n) is 3.12. The number of benzene rings is 2. The fraction of sp³-hybridized carbons (Fsp3) is 0.188. The number of carbonyl (C=O) groups is 1. The van der Waals surface area contributed by atoms with Gasteiger partial charge >= 0.3 is 0 Å². The number of anilines is 1. The predicted molar refractivity (Wildman–Crippen MR) is 82.7 cm³/mol. The van der Waals surface area contributed by atoms with Crippen LogP contribution in [0.5, 0.6) is 0 Å². The van der Waals surface area contributed by atoms with Gasteiger partial charge in [0.1, 0.15) is 5.82 Å². The van der Waals surface area contributed by atoms with Gasteiger partial charge in [0.05, 0.1) is 11.3 Å². The lowest BCUT2D eigenvalue weighted by atomic mass is 10.1. The van der Waals surface area contributed by atoms with Gasteiger partial charge in [-0.1, -0.05) is 40.2 Å². The molecule has 2 nitrogen and oxygen atoms in total. The molecule has 2 aromatic carbocycles. The van der Waals surface area contributed by atoms with E-state index in [1.54, 1.807) is 12.1 Å². The van der Waals surface area contributed by atoms with E-state index in [2.05, 4.69) is 15.9 Å². The highest BCUT2D eigenvalue weighted by atomic mass is 79.9. The lowest BCUT2D eigenvalue weighted by Gasteiger charge is -2.22. The van der Waals surface area contributed by atoms with Crippen LogP contribution >= 0.6 is 15.9 Å². The zero-order chi connectivity index (χ0) is 14.7. The van der Waals surface area contributed by atoms with Crippen molar-refractivity contribution in [1.82, 2.24) is 0 Å². The monoisotopic (exact) mass is 335 g/mol. The first-order valence-electron chi connectivity index (χ1n) is 6.24. The molecule has 0 aromatic heterocycles. The molecule has 20 heavy (non-hydrogen) atoms. The largest absolute Gasteiger partial charge is 0.370 e. The molecule has 0 saturated heterocycles. The van der Waals surface area contributed by atoms with E-state index in [1.165, 1.54) is 13.0 Å². The highest BCUT2D eigenvalue weighted by Gasteiger charge is 2.16. The molecule has 0 radical (unpaired) electrons. The van der Waals surface area contributed by atoms with E-state index in [-0.39, 0.29) is 11.3 Å². The molecule has 0 fully saturated rings. The standard InChI is InChI=1S/C16H15BrFNO/c1-11(20)16-14(18)8-5-9-15(16)19(2)10-12-6-3-4-7-13(12)17/h3-9H,10H2,1-2H3. The minimum absolute atomic E-state index is 0.141. The van der Waals surface area contributed by atoms with Gasteiger partial charge in [0.25, 0.3) is 0 Å². The lowest BCUT2D eigenvalue weighted by Crippen LogP contribution is -2.20. The average molecular weight is 336 g/mol. The van der Waals surface area contributed by atoms with Crippen molar-refractivity contribution in [1.29, 1.82) is 0 Å². The van der Waals surface area contributed by atoms with Gasteiger partial charge in [0.2, 0.25) is 0 Å². The molecule has 4 heteroatoms. The van der Waals surface area contributed by atoms with Crippen LogP contribution in [0.3, 0.4) is 0 Å². The molecule has 0 saturated carbocycles. The Labute approximate surface area is 126 Å². The molecule has 0 spiro atoms. The van der Waals surface area contributed by atoms with Gasteiger partial charge in [-0.15, -0.1) is 0 Å². The Balaban J connectivity index is 2.35. The topological polar surface area (TPSA) is 20.3 Å². The van der Waals surface area contributed by atoms with Crippen LogP contribution in [0.2, 0.25) is 0 Å². The molecule has 0 aliphatic heterocycles. The number of hydrogen-bond donors (Lipinski definition) is 0. The van der Waals surface area contributed by atoms with Crippen LogP contribution in [0.25, 0.3) is 0 Å². The van der Waals surface area contributed by atoms with E-state index in [0.717, 1.165) is 10.0 Å². The summed E-state index contributed by atoms with van der Waals surface area (Å²) >= 11 is 3.49. The summed E-state index contributed by atoms with van der Waals surface area (Å²) in [6.07, 6.45) is 0. The maximum atomic E-state index is 13.8. The fourth-order valence-corrected chi connectivity index (χ4v) is 2.56. The Bertz CT molecular complexity index is 642. The van der Waals surface area contributed by atoms with Gasteiger partial charge in [-0.05, 0) is 30.7 Å². The summed E-state index contributed by atoms with van der Waals surface area (Å²) < 4.78 is 14.8. The summed E-state index contributed by atoms with van der Waals surface area (Å²) in [5.74, 6) is -0.744. The molecule has 0 aliphatic rings. The summed E-state index contributed by atoms with van der Waals surface area (Å²) in [4.78, 5) is 13.5. The second-order valence-corrected chi connectivity index (χ2v) is 5.49. The summed E-state index contributed by atoms with van der Waals surface area (Å²) in [7, 11) is 1.85. The van der Waals surface area contributed by atoms with Gasteiger partial charge in [-0.3, -0.25) is 4.79 Å². The van der Waals surface area contributed by atoms with Gasteiger partial charge in [0, 0.05) is 18.1 Å². The zero-order valence-corrected chi connectivity index (χ0v) is 12.9. The maximum Gasteiger partial charge on any atom is 0.164 e. The number of nitrogens with zero attached hydrogens (tertiary/aromatic N) is 1. The molecule has 0 bridgehead atoms. The molecule has 0 amide bonds. The van der Waals surface area contributed by atoms with Crippen molar-refractivity contribution in [2.45, 2.75) is 13.5 Å². The Morgan fingerprint density at radius 2 is 1.90 bits per heavy atom. The van der Waals surface area contributed by atoms with Crippen LogP contribution in [0.1, 0.15) is 22.8 Å². The zero-order valence-electron chi connectivity index (χ0n) is 11.4. The molecule has 0 aliphatic carbocycles. The Hall–Kier alpha value is -1.68. The fourth-order valence-electron chi connectivity index (χ4n) is 2.15. The smallest absolute Gasteiger partial charge is 0.164 e. The number of halogens is 2. The van der Waals surface area contributed by atoms with E-state index in [1.807, 2.05) is 36.2 Å². The van der Waals surface area contributed by atoms with Crippen molar-refractivity contribution in [3.63, 3.8) is 0 Å². The summed E-state index contributed by atoms with van der Waals surface area (Å²) in [5, 5.41) is 0. The molecule has 0 atom stereocenters. The maximum absolute atomic E-state index is 13.8. The molecule has 104 valence electrons. The van der Waals surface area contributed by atoms with Gasteiger partial charge in [-0.2, -0.15) is 0 Å². The molecular formula is C16H15BrFNO. The first kappa shape index (κ1) is 14.7. The average Bonchev–Trinajstić information content (AvgIpc) is 2.40. The molecule has 2 aromatic rings. The Morgan fingerprint density at radius 1 is 1.20 bits per heavy atom. The number of carbonyl (C=O) groups excluding carboxylic acids is 1. The van der Waals surface area contributed by atoms with Gasteiger partial charge in [-0.25, -0.2) is 4.39 Å². The van der Waals surface area contributed by atoms with E-state index < -0.39 is 5.82 Å². The first-order valence-corrected chi connectivity index (χ1v) is 7.04. The highest BCUT2D eigenvalue weighted by molar-refractivity contribution is 9.10. The molecule has 0 heterocycles. The second-order valence-electron chi connectivity index (χ2n) is 4.64. The Morgan fingerprint density at radius 3 is 2.55 bits per heavy atom. The van der Waals surface area contributed by atoms with Crippen LogP contribution in [0.15, 0.2) is 46.9 Å². The first-order chi connectivity index (χ1) is 9.50. The van der Waals surface area contributed by atoms with E-state index in [0.29, 0.717) is 12.2 Å². The van der Waals surface area contributed by atoms with Crippen LogP contribution in [0.4, 0.5) is 10.1 Å². The molecule has 2 rings (SSSR count). The highest BCUT2D eigenvalue weighted by Crippen LogP contribution is 2.26. The van der Waals surface area contributed by atoms with Gasteiger partial charge < -0.3 is 4.90 Å². The number of ketones is 1. The van der Waals surface area contributed by atoms with Crippen molar-refractivity contribution in [2.24, 2.45) is 0 Å². The normalized spacial score (nSPS) is 10.4. The third-order valence-corrected chi connectivity index (χ3v) is 3.89. The van der Waals surface area contributed by atoms with Crippen molar-refractivity contribution >= 4 is 27.4 Å². The second kappa shape index (κ2) is 6.18. The van der Waals surface area contributed by atoms with Crippen LogP contribution < -0.4 is 4.90 Å².